The van der Waals surface area contributed by atoms with E-state index in [-0.39, 0.29) is 0 Å². The Labute approximate surface area is 86.5 Å². The van der Waals surface area contributed by atoms with Crippen molar-refractivity contribution in [3.63, 3.8) is 0 Å². The van der Waals surface area contributed by atoms with Crippen LogP contribution in [0.5, 0.6) is 6.08 Å². The van der Waals surface area contributed by atoms with Crippen molar-refractivity contribution in [1.82, 2.24) is 4.98 Å². The maximum absolute atomic E-state index is 5.40. The van der Waals surface area contributed by atoms with E-state index in [4.69, 9.17) is 9.15 Å². The van der Waals surface area contributed by atoms with Crippen molar-refractivity contribution in [2.75, 3.05) is 12.9 Å². The van der Waals surface area contributed by atoms with Crippen LogP contribution in [0.1, 0.15) is 6.92 Å². The first-order chi connectivity index (χ1) is 6.85. The molecule has 0 aliphatic rings. The second kappa shape index (κ2) is 3.92. The Hall–Kier alpha value is -1.16. The number of rotatable bonds is 3. The summed E-state index contributed by atoms with van der Waals surface area (Å²) >= 11 is 1.65. The lowest BCUT2D eigenvalue weighted by Gasteiger charge is -1.93. The van der Waals surface area contributed by atoms with E-state index in [2.05, 4.69) is 4.98 Å². The normalized spacial score (nSPS) is 10.7. The molecule has 0 aliphatic heterocycles. The lowest BCUT2D eigenvalue weighted by molar-refractivity contribution is 0.251. The Balaban J connectivity index is 2.52. The molecule has 4 heteroatoms. The lowest BCUT2D eigenvalue weighted by atomic mass is 10.3. The number of fused-ring (bicyclic) bond motifs is 1. The predicted octanol–water partition coefficient (Wildman–Crippen LogP) is 2.95. The Morgan fingerprint density at radius 3 is 3.07 bits per heavy atom. The smallest absolute Gasteiger partial charge is 0.394 e. The van der Waals surface area contributed by atoms with E-state index in [9.17, 15) is 0 Å². The molecular formula is C10H11NO2S. The van der Waals surface area contributed by atoms with Crippen molar-refractivity contribution in [3.05, 3.63) is 18.2 Å². The number of para-hydroxylation sites is 1. The molecule has 0 fully saturated rings. The van der Waals surface area contributed by atoms with Crippen LogP contribution in [0.15, 0.2) is 27.5 Å². The number of ether oxygens (including phenoxy) is 1. The van der Waals surface area contributed by atoms with Crippen LogP contribution < -0.4 is 4.74 Å². The van der Waals surface area contributed by atoms with E-state index in [1.165, 1.54) is 0 Å². The van der Waals surface area contributed by atoms with Crippen LogP contribution in [0.2, 0.25) is 0 Å². The summed E-state index contributed by atoms with van der Waals surface area (Å²) in [6.45, 7) is 2.48. The monoisotopic (exact) mass is 209 g/mol. The number of nitrogens with zero attached hydrogens (tertiary/aromatic N) is 1. The topological polar surface area (TPSA) is 35.3 Å². The van der Waals surface area contributed by atoms with Crippen LogP contribution in [-0.4, -0.2) is 17.8 Å². The SMILES string of the molecule is CCOc1nc2c(SC)cccc2o1. The van der Waals surface area contributed by atoms with E-state index >= 15 is 0 Å². The maximum Gasteiger partial charge on any atom is 0.394 e. The fourth-order valence-corrected chi connectivity index (χ4v) is 1.81. The quantitative estimate of drug-likeness (QED) is 0.728. The van der Waals surface area contributed by atoms with Gasteiger partial charge in [0.1, 0.15) is 5.52 Å². The highest BCUT2D eigenvalue weighted by Gasteiger charge is 2.09. The molecule has 0 saturated carbocycles. The van der Waals surface area contributed by atoms with Gasteiger partial charge in [-0.2, -0.15) is 4.98 Å². The van der Waals surface area contributed by atoms with Crippen LogP contribution >= 0.6 is 11.8 Å². The van der Waals surface area contributed by atoms with Crippen molar-refractivity contribution in [2.24, 2.45) is 0 Å². The van der Waals surface area contributed by atoms with E-state index < -0.39 is 0 Å². The molecule has 14 heavy (non-hydrogen) atoms. The van der Waals surface area contributed by atoms with Gasteiger partial charge in [-0.3, -0.25) is 0 Å². The molecule has 0 aliphatic carbocycles. The summed E-state index contributed by atoms with van der Waals surface area (Å²) in [4.78, 5) is 5.37. The first-order valence-electron chi connectivity index (χ1n) is 4.41. The largest absolute Gasteiger partial charge is 0.450 e. The zero-order valence-corrected chi connectivity index (χ0v) is 8.93. The molecule has 0 radical (unpaired) electrons. The van der Waals surface area contributed by atoms with Crippen LogP contribution in [0.3, 0.4) is 0 Å². The highest BCUT2D eigenvalue weighted by molar-refractivity contribution is 7.98. The van der Waals surface area contributed by atoms with Crippen LogP contribution in [0, 0.1) is 0 Å². The Bertz CT molecular complexity index is 439. The van der Waals surface area contributed by atoms with Gasteiger partial charge in [-0.05, 0) is 25.3 Å². The molecule has 0 atom stereocenters. The van der Waals surface area contributed by atoms with Gasteiger partial charge in [-0.25, -0.2) is 0 Å². The van der Waals surface area contributed by atoms with E-state index in [1.807, 2.05) is 31.4 Å². The summed E-state index contributed by atoms with van der Waals surface area (Å²) in [5.41, 5.74) is 1.66. The standard InChI is InChI=1S/C10H11NO2S/c1-3-12-10-11-9-7(13-10)5-4-6-8(9)14-2/h4-6H,3H2,1-2H3. The minimum Gasteiger partial charge on any atom is -0.450 e. The molecule has 0 unspecified atom stereocenters. The highest BCUT2D eigenvalue weighted by Crippen LogP contribution is 2.28. The minimum atomic E-state index is 0.351. The number of hydrogen-bond acceptors (Lipinski definition) is 4. The van der Waals surface area contributed by atoms with Gasteiger partial charge in [-0.15, -0.1) is 11.8 Å². The Morgan fingerprint density at radius 1 is 1.50 bits per heavy atom. The van der Waals surface area contributed by atoms with Gasteiger partial charge in [0.25, 0.3) is 0 Å². The first-order valence-corrected chi connectivity index (χ1v) is 5.64. The van der Waals surface area contributed by atoms with Gasteiger partial charge in [0.15, 0.2) is 5.58 Å². The third-order valence-electron chi connectivity index (χ3n) is 1.85. The zero-order valence-electron chi connectivity index (χ0n) is 8.11. The third-order valence-corrected chi connectivity index (χ3v) is 2.62. The van der Waals surface area contributed by atoms with Gasteiger partial charge in [0, 0.05) is 4.90 Å². The number of hydrogen-bond donors (Lipinski definition) is 0. The van der Waals surface area contributed by atoms with Gasteiger partial charge in [0.05, 0.1) is 6.61 Å². The zero-order chi connectivity index (χ0) is 9.97. The lowest BCUT2D eigenvalue weighted by Crippen LogP contribution is -1.90. The van der Waals surface area contributed by atoms with Gasteiger partial charge in [-0.1, -0.05) is 6.07 Å². The molecule has 1 aromatic heterocycles. The summed E-state index contributed by atoms with van der Waals surface area (Å²) in [5, 5.41) is 0. The molecule has 1 heterocycles. The molecular weight excluding hydrogens is 198 g/mol. The van der Waals surface area contributed by atoms with Crippen LogP contribution in [0.25, 0.3) is 11.1 Å². The van der Waals surface area contributed by atoms with Crippen LogP contribution in [0.4, 0.5) is 0 Å². The second-order valence-electron chi connectivity index (χ2n) is 2.72. The number of thioether (sulfide) groups is 1. The van der Waals surface area contributed by atoms with Crippen molar-refractivity contribution in [1.29, 1.82) is 0 Å². The molecule has 0 amide bonds. The van der Waals surface area contributed by atoms with Crippen molar-refractivity contribution >= 4 is 22.9 Å². The van der Waals surface area contributed by atoms with Crippen molar-refractivity contribution < 1.29 is 9.15 Å². The molecule has 0 N–H and O–H groups in total. The fourth-order valence-electron chi connectivity index (χ4n) is 1.25. The average molecular weight is 209 g/mol. The minimum absolute atomic E-state index is 0.351. The van der Waals surface area contributed by atoms with Crippen molar-refractivity contribution in [2.45, 2.75) is 11.8 Å². The predicted molar refractivity (Wildman–Crippen MR) is 57.0 cm³/mol. The number of oxazole rings is 1. The number of benzene rings is 1. The van der Waals surface area contributed by atoms with Gasteiger partial charge < -0.3 is 9.15 Å². The molecule has 0 spiro atoms. The van der Waals surface area contributed by atoms with E-state index in [0.717, 1.165) is 16.0 Å². The summed E-state index contributed by atoms with van der Waals surface area (Å²) in [7, 11) is 0. The molecule has 2 rings (SSSR count). The van der Waals surface area contributed by atoms with Crippen LogP contribution in [-0.2, 0) is 0 Å². The Morgan fingerprint density at radius 2 is 2.36 bits per heavy atom. The summed E-state index contributed by atoms with van der Waals surface area (Å²) in [6.07, 6.45) is 2.37. The van der Waals surface area contributed by atoms with Crippen molar-refractivity contribution in [3.8, 4) is 6.08 Å². The fraction of sp³-hybridized carbons (Fsp3) is 0.300. The Kier molecular flexibility index (Phi) is 2.63. The summed E-state index contributed by atoms with van der Waals surface area (Å²) in [6, 6.07) is 5.87. The summed E-state index contributed by atoms with van der Waals surface area (Å²) in [5.74, 6) is 0. The molecule has 0 saturated heterocycles. The average Bonchev–Trinajstić information content (AvgIpc) is 2.60. The molecule has 2 aromatic rings. The molecule has 0 bridgehead atoms. The molecule has 3 nitrogen and oxygen atoms in total. The number of aromatic nitrogens is 1. The van der Waals surface area contributed by atoms with Gasteiger partial charge in [0.2, 0.25) is 0 Å². The maximum atomic E-state index is 5.40. The second-order valence-corrected chi connectivity index (χ2v) is 3.57. The first kappa shape index (κ1) is 9.40. The van der Waals surface area contributed by atoms with E-state index in [1.54, 1.807) is 11.8 Å². The van der Waals surface area contributed by atoms with Gasteiger partial charge >= 0.3 is 6.08 Å². The molecule has 74 valence electrons. The third kappa shape index (κ3) is 1.57. The summed E-state index contributed by atoms with van der Waals surface area (Å²) < 4.78 is 10.6. The van der Waals surface area contributed by atoms with E-state index in [0.29, 0.717) is 12.7 Å². The highest BCUT2D eigenvalue weighted by atomic mass is 32.2. The molecule has 1 aromatic carbocycles.